The molecule has 0 radical (unpaired) electrons. The number of ether oxygens (including phenoxy) is 3. The van der Waals surface area contributed by atoms with Gasteiger partial charge >= 0.3 is 5.97 Å². The van der Waals surface area contributed by atoms with E-state index in [1.54, 1.807) is 42.5 Å². The summed E-state index contributed by atoms with van der Waals surface area (Å²) >= 11 is 0. The zero-order valence-electron chi connectivity index (χ0n) is 16.3. The van der Waals surface area contributed by atoms with Gasteiger partial charge in [0.1, 0.15) is 12.4 Å². The Labute approximate surface area is 169 Å². The number of nitrogens with one attached hydrogen (secondary N) is 1. The molecule has 1 heterocycles. The van der Waals surface area contributed by atoms with Gasteiger partial charge in [0.25, 0.3) is 5.91 Å². The van der Waals surface area contributed by atoms with Gasteiger partial charge in [-0.25, -0.2) is 4.79 Å². The third-order valence-corrected chi connectivity index (χ3v) is 4.52. The van der Waals surface area contributed by atoms with E-state index in [4.69, 9.17) is 14.2 Å². The number of hydrogen-bond acceptors (Lipinski definition) is 6. The fourth-order valence-corrected chi connectivity index (χ4v) is 2.99. The number of benzene rings is 2. The molecular weight excluding hydrogens is 372 g/mol. The maximum Gasteiger partial charge on any atom is 0.340 e. The summed E-state index contributed by atoms with van der Waals surface area (Å²) in [5, 5.41) is 2.79. The maximum absolute atomic E-state index is 12.6. The Kier molecular flexibility index (Phi) is 6.86. The largest absolute Gasteiger partial charge is 0.490 e. The first-order valence-corrected chi connectivity index (χ1v) is 9.32. The first-order chi connectivity index (χ1) is 14.1. The fourth-order valence-electron chi connectivity index (χ4n) is 2.99. The number of morpholine rings is 1. The molecule has 0 atom stereocenters. The average Bonchev–Trinajstić information content (AvgIpc) is 2.78. The van der Waals surface area contributed by atoms with Gasteiger partial charge in [-0.2, -0.15) is 0 Å². The quantitative estimate of drug-likeness (QED) is 0.572. The van der Waals surface area contributed by atoms with Crippen LogP contribution in [0.15, 0.2) is 55.1 Å². The van der Waals surface area contributed by atoms with Crippen molar-refractivity contribution in [3.05, 3.63) is 66.2 Å². The molecule has 1 fully saturated rings. The lowest BCUT2D eigenvalue weighted by molar-refractivity contribution is 0.0602. The minimum atomic E-state index is -0.511. The lowest BCUT2D eigenvalue weighted by Crippen LogP contribution is -2.36. The summed E-state index contributed by atoms with van der Waals surface area (Å²) in [5.41, 5.74) is 2.03. The van der Waals surface area contributed by atoms with E-state index in [1.165, 1.54) is 7.11 Å². The Balaban J connectivity index is 1.78. The van der Waals surface area contributed by atoms with Crippen molar-refractivity contribution in [2.45, 2.75) is 0 Å². The van der Waals surface area contributed by atoms with Crippen molar-refractivity contribution in [3.8, 4) is 5.75 Å². The van der Waals surface area contributed by atoms with Crippen molar-refractivity contribution in [2.24, 2.45) is 0 Å². The molecule has 7 heteroatoms. The Morgan fingerprint density at radius 1 is 1.17 bits per heavy atom. The average molecular weight is 396 g/mol. The van der Waals surface area contributed by atoms with Crippen LogP contribution in [0.1, 0.15) is 20.7 Å². The predicted octanol–water partition coefficient (Wildman–Crippen LogP) is 3.13. The van der Waals surface area contributed by atoms with Crippen LogP contribution in [0.4, 0.5) is 11.4 Å². The van der Waals surface area contributed by atoms with Crippen molar-refractivity contribution in [3.63, 3.8) is 0 Å². The van der Waals surface area contributed by atoms with Crippen molar-refractivity contribution < 1.29 is 23.8 Å². The van der Waals surface area contributed by atoms with Crippen molar-refractivity contribution in [1.82, 2.24) is 0 Å². The maximum atomic E-state index is 12.6. The highest BCUT2D eigenvalue weighted by molar-refractivity contribution is 6.08. The number of esters is 1. The number of anilines is 2. The lowest BCUT2D eigenvalue weighted by atomic mass is 10.1. The molecule has 7 nitrogen and oxygen atoms in total. The van der Waals surface area contributed by atoms with Crippen LogP contribution in [0.2, 0.25) is 0 Å². The molecule has 2 aromatic rings. The monoisotopic (exact) mass is 396 g/mol. The van der Waals surface area contributed by atoms with Crippen molar-refractivity contribution >= 4 is 23.3 Å². The molecule has 0 saturated carbocycles. The van der Waals surface area contributed by atoms with Gasteiger partial charge in [-0.05, 0) is 42.5 Å². The normalized spacial score (nSPS) is 13.5. The molecule has 1 aliphatic heterocycles. The second-order valence-corrected chi connectivity index (χ2v) is 6.40. The molecule has 1 aliphatic rings. The van der Waals surface area contributed by atoms with Crippen LogP contribution in [0.3, 0.4) is 0 Å². The third-order valence-electron chi connectivity index (χ3n) is 4.52. The van der Waals surface area contributed by atoms with Crippen LogP contribution >= 0.6 is 0 Å². The van der Waals surface area contributed by atoms with Crippen LogP contribution in [-0.2, 0) is 9.47 Å². The summed E-state index contributed by atoms with van der Waals surface area (Å²) < 4.78 is 15.7. The fraction of sp³-hybridized carbons (Fsp3) is 0.273. The minimum Gasteiger partial charge on any atom is -0.490 e. The summed E-state index contributed by atoms with van der Waals surface area (Å²) in [6, 6.07) is 12.1. The van der Waals surface area contributed by atoms with E-state index in [0.717, 1.165) is 18.8 Å². The van der Waals surface area contributed by atoms with Crippen LogP contribution < -0.4 is 15.0 Å². The highest BCUT2D eigenvalue weighted by Gasteiger charge is 2.19. The summed E-state index contributed by atoms with van der Waals surface area (Å²) in [7, 11) is 1.32. The molecule has 1 saturated heterocycles. The Hall–Kier alpha value is -3.32. The van der Waals surface area contributed by atoms with E-state index in [1.807, 2.05) is 6.07 Å². The van der Waals surface area contributed by atoms with Gasteiger partial charge in [-0.3, -0.25) is 4.79 Å². The van der Waals surface area contributed by atoms with Gasteiger partial charge in [0, 0.05) is 24.3 Å². The molecule has 152 valence electrons. The highest BCUT2D eigenvalue weighted by atomic mass is 16.5. The zero-order valence-corrected chi connectivity index (χ0v) is 16.3. The van der Waals surface area contributed by atoms with Crippen LogP contribution in [0.5, 0.6) is 5.75 Å². The van der Waals surface area contributed by atoms with Crippen LogP contribution in [0.25, 0.3) is 0 Å². The number of rotatable bonds is 7. The van der Waals surface area contributed by atoms with Gasteiger partial charge in [-0.1, -0.05) is 12.7 Å². The number of methoxy groups -OCH3 is 1. The summed E-state index contributed by atoms with van der Waals surface area (Å²) in [4.78, 5) is 27.1. The summed E-state index contributed by atoms with van der Waals surface area (Å²) in [5.74, 6) is -0.195. The summed E-state index contributed by atoms with van der Waals surface area (Å²) in [6.07, 6.45) is 1.65. The summed E-state index contributed by atoms with van der Waals surface area (Å²) in [6.45, 7) is 6.75. The lowest BCUT2D eigenvalue weighted by Gasteiger charge is -2.29. The molecule has 0 bridgehead atoms. The third kappa shape index (κ3) is 5.14. The first kappa shape index (κ1) is 20.4. The van der Waals surface area contributed by atoms with Gasteiger partial charge < -0.3 is 24.4 Å². The van der Waals surface area contributed by atoms with E-state index >= 15 is 0 Å². The SMILES string of the molecule is C=CCOc1ccc(C(=O)Nc2ccc(N3CCOCC3)cc2C(=O)OC)cc1. The highest BCUT2D eigenvalue weighted by Crippen LogP contribution is 2.25. The molecule has 0 aromatic heterocycles. The predicted molar refractivity (Wildman–Crippen MR) is 111 cm³/mol. The molecule has 0 unspecified atom stereocenters. The second-order valence-electron chi connectivity index (χ2n) is 6.40. The number of nitrogens with zero attached hydrogens (tertiary/aromatic N) is 1. The molecule has 1 amide bonds. The number of carbonyl (C=O) groups excluding carboxylic acids is 2. The van der Waals surface area contributed by atoms with E-state index in [9.17, 15) is 9.59 Å². The minimum absolute atomic E-state index is 0.302. The molecule has 0 aliphatic carbocycles. The Morgan fingerprint density at radius 3 is 2.55 bits per heavy atom. The molecule has 3 rings (SSSR count). The standard InChI is InChI=1S/C22H24N2O5/c1-3-12-29-18-7-4-16(5-8-18)21(25)23-20-9-6-17(15-19(20)22(26)27-2)24-10-13-28-14-11-24/h3-9,15H,1,10-14H2,2H3,(H,23,25). The van der Waals surface area contributed by atoms with Gasteiger partial charge in [0.15, 0.2) is 0 Å². The Morgan fingerprint density at radius 2 is 1.90 bits per heavy atom. The van der Waals surface area contributed by atoms with E-state index < -0.39 is 5.97 Å². The number of amides is 1. The number of hydrogen-bond donors (Lipinski definition) is 1. The van der Waals surface area contributed by atoms with Crippen LogP contribution in [0, 0.1) is 0 Å². The zero-order chi connectivity index (χ0) is 20.6. The molecule has 0 spiro atoms. The molecular formula is C22H24N2O5. The van der Waals surface area contributed by atoms with E-state index in [0.29, 0.717) is 42.4 Å². The topological polar surface area (TPSA) is 77.1 Å². The van der Waals surface area contributed by atoms with Gasteiger partial charge in [-0.15, -0.1) is 0 Å². The van der Waals surface area contributed by atoms with Crippen molar-refractivity contribution in [2.75, 3.05) is 50.2 Å². The van der Waals surface area contributed by atoms with Crippen LogP contribution in [-0.4, -0.2) is 51.9 Å². The second kappa shape index (κ2) is 9.75. The van der Waals surface area contributed by atoms with Gasteiger partial charge in [0.2, 0.25) is 0 Å². The molecule has 2 aromatic carbocycles. The molecule has 29 heavy (non-hydrogen) atoms. The number of carbonyl (C=O) groups is 2. The van der Waals surface area contributed by atoms with E-state index in [-0.39, 0.29) is 5.91 Å². The van der Waals surface area contributed by atoms with Gasteiger partial charge in [0.05, 0.1) is 31.6 Å². The van der Waals surface area contributed by atoms with Crippen molar-refractivity contribution in [1.29, 1.82) is 0 Å². The Bertz CT molecular complexity index is 873. The smallest absolute Gasteiger partial charge is 0.340 e. The molecule has 1 N–H and O–H groups in total. The first-order valence-electron chi connectivity index (χ1n) is 9.32. The van der Waals surface area contributed by atoms with E-state index in [2.05, 4.69) is 16.8 Å².